The fraction of sp³-hybridized carbons (Fsp3) is 0.667. The SMILES string of the molecule is CCN(CC)CCCNCc1ccnnc1. The van der Waals surface area contributed by atoms with Crippen molar-refractivity contribution in [3.8, 4) is 0 Å². The summed E-state index contributed by atoms with van der Waals surface area (Å²) in [5.74, 6) is 0. The molecular formula is C12H22N4. The van der Waals surface area contributed by atoms with Crippen LogP contribution in [-0.4, -0.2) is 41.3 Å². The van der Waals surface area contributed by atoms with Gasteiger partial charge >= 0.3 is 0 Å². The average molecular weight is 222 g/mol. The van der Waals surface area contributed by atoms with Crippen LogP contribution in [-0.2, 0) is 6.54 Å². The second-order valence-electron chi connectivity index (χ2n) is 3.81. The van der Waals surface area contributed by atoms with E-state index in [2.05, 4.69) is 34.3 Å². The highest BCUT2D eigenvalue weighted by Gasteiger charge is 1.97. The van der Waals surface area contributed by atoms with Crippen molar-refractivity contribution in [2.75, 3.05) is 26.2 Å². The smallest absolute Gasteiger partial charge is 0.0541 e. The Hall–Kier alpha value is -1.00. The van der Waals surface area contributed by atoms with E-state index < -0.39 is 0 Å². The zero-order valence-corrected chi connectivity index (χ0v) is 10.3. The lowest BCUT2D eigenvalue weighted by Gasteiger charge is -2.17. The summed E-state index contributed by atoms with van der Waals surface area (Å²) >= 11 is 0. The molecule has 4 nitrogen and oxygen atoms in total. The van der Waals surface area contributed by atoms with Crippen LogP contribution >= 0.6 is 0 Å². The Morgan fingerprint density at radius 1 is 1.25 bits per heavy atom. The van der Waals surface area contributed by atoms with Crippen LogP contribution in [0, 0.1) is 0 Å². The molecule has 0 amide bonds. The molecule has 0 spiro atoms. The monoisotopic (exact) mass is 222 g/mol. The molecule has 0 fully saturated rings. The molecule has 0 bridgehead atoms. The molecule has 1 aromatic rings. The third-order valence-electron chi connectivity index (χ3n) is 2.70. The minimum atomic E-state index is 0.883. The van der Waals surface area contributed by atoms with Crippen LogP contribution < -0.4 is 5.32 Å². The van der Waals surface area contributed by atoms with Gasteiger partial charge in [0.05, 0.1) is 6.20 Å². The van der Waals surface area contributed by atoms with Crippen LogP contribution in [0.4, 0.5) is 0 Å². The number of hydrogen-bond donors (Lipinski definition) is 1. The number of rotatable bonds is 8. The number of aromatic nitrogens is 2. The zero-order valence-electron chi connectivity index (χ0n) is 10.3. The maximum atomic E-state index is 3.84. The standard InChI is InChI=1S/C12H22N4/c1-3-16(4-2)9-5-7-13-10-12-6-8-14-15-11-12/h6,8,11,13H,3-5,7,9-10H2,1-2H3. The quantitative estimate of drug-likeness (QED) is 0.673. The Labute approximate surface area is 98.1 Å². The molecule has 1 aromatic heterocycles. The molecule has 0 unspecified atom stereocenters. The molecular weight excluding hydrogens is 200 g/mol. The van der Waals surface area contributed by atoms with Crippen molar-refractivity contribution >= 4 is 0 Å². The van der Waals surface area contributed by atoms with Gasteiger partial charge in [0, 0.05) is 12.7 Å². The van der Waals surface area contributed by atoms with E-state index in [9.17, 15) is 0 Å². The molecule has 16 heavy (non-hydrogen) atoms. The summed E-state index contributed by atoms with van der Waals surface area (Å²) in [6.07, 6.45) is 4.73. The molecule has 0 saturated carbocycles. The van der Waals surface area contributed by atoms with Crippen molar-refractivity contribution in [3.05, 3.63) is 24.0 Å². The molecule has 0 aliphatic heterocycles. The highest BCUT2D eigenvalue weighted by Crippen LogP contribution is 1.93. The maximum absolute atomic E-state index is 3.84. The van der Waals surface area contributed by atoms with E-state index in [1.165, 1.54) is 18.5 Å². The highest BCUT2D eigenvalue weighted by atomic mass is 15.1. The fourth-order valence-corrected chi connectivity index (χ4v) is 1.62. The Morgan fingerprint density at radius 3 is 2.69 bits per heavy atom. The van der Waals surface area contributed by atoms with Crippen LogP contribution in [0.1, 0.15) is 25.8 Å². The molecule has 1 rings (SSSR count). The second-order valence-corrected chi connectivity index (χ2v) is 3.81. The van der Waals surface area contributed by atoms with Crippen molar-refractivity contribution < 1.29 is 0 Å². The highest BCUT2D eigenvalue weighted by molar-refractivity contribution is 5.04. The van der Waals surface area contributed by atoms with Gasteiger partial charge in [-0.15, -0.1) is 0 Å². The minimum Gasteiger partial charge on any atom is -0.313 e. The summed E-state index contributed by atoms with van der Waals surface area (Å²) in [6, 6.07) is 1.99. The van der Waals surface area contributed by atoms with Gasteiger partial charge in [-0.25, -0.2) is 0 Å². The van der Waals surface area contributed by atoms with Crippen LogP contribution in [0.5, 0.6) is 0 Å². The van der Waals surface area contributed by atoms with E-state index in [-0.39, 0.29) is 0 Å². The maximum Gasteiger partial charge on any atom is 0.0541 e. The molecule has 0 atom stereocenters. The Morgan fingerprint density at radius 2 is 2.06 bits per heavy atom. The van der Waals surface area contributed by atoms with E-state index in [1.807, 2.05) is 6.07 Å². The van der Waals surface area contributed by atoms with Gasteiger partial charge in [-0.2, -0.15) is 10.2 Å². The Bertz CT molecular complexity index is 259. The fourth-order valence-electron chi connectivity index (χ4n) is 1.62. The average Bonchev–Trinajstić information content (AvgIpc) is 2.35. The first-order chi connectivity index (χ1) is 7.86. The molecule has 0 saturated heterocycles. The number of nitrogens with zero attached hydrogens (tertiary/aromatic N) is 3. The Balaban J connectivity index is 2.04. The van der Waals surface area contributed by atoms with Gasteiger partial charge in [0.15, 0.2) is 0 Å². The lowest BCUT2D eigenvalue weighted by Crippen LogP contribution is -2.27. The van der Waals surface area contributed by atoms with Crippen molar-refractivity contribution in [2.45, 2.75) is 26.8 Å². The second kappa shape index (κ2) is 8.19. The molecule has 1 heterocycles. The molecule has 0 aromatic carbocycles. The predicted octanol–water partition coefficient (Wildman–Crippen LogP) is 1.30. The van der Waals surface area contributed by atoms with E-state index in [4.69, 9.17) is 0 Å². The van der Waals surface area contributed by atoms with E-state index >= 15 is 0 Å². The molecule has 90 valence electrons. The van der Waals surface area contributed by atoms with Gasteiger partial charge in [-0.3, -0.25) is 0 Å². The summed E-state index contributed by atoms with van der Waals surface area (Å²) in [5.41, 5.74) is 1.19. The van der Waals surface area contributed by atoms with Crippen LogP contribution in [0.15, 0.2) is 18.5 Å². The van der Waals surface area contributed by atoms with E-state index in [1.54, 1.807) is 12.4 Å². The van der Waals surface area contributed by atoms with Crippen molar-refractivity contribution in [1.29, 1.82) is 0 Å². The van der Waals surface area contributed by atoms with Gasteiger partial charge in [-0.1, -0.05) is 13.8 Å². The third-order valence-corrected chi connectivity index (χ3v) is 2.70. The lowest BCUT2D eigenvalue weighted by atomic mass is 10.3. The number of hydrogen-bond acceptors (Lipinski definition) is 4. The van der Waals surface area contributed by atoms with Gasteiger partial charge in [0.25, 0.3) is 0 Å². The van der Waals surface area contributed by atoms with E-state index in [0.717, 1.165) is 26.2 Å². The first-order valence-corrected chi connectivity index (χ1v) is 6.05. The van der Waals surface area contributed by atoms with Gasteiger partial charge in [0.2, 0.25) is 0 Å². The first kappa shape index (κ1) is 13.1. The summed E-state index contributed by atoms with van der Waals surface area (Å²) in [5, 5.41) is 11.0. The third kappa shape index (κ3) is 5.19. The normalized spacial score (nSPS) is 10.9. The molecule has 4 heteroatoms. The molecule has 1 N–H and O–H groups in total. The van der Waals surface area contributed by atoms with Crippen LogP contribution in [0.3, 0.4) is 0 Å². The molecule has 0 aliphatic rings. The van der Waals surface area contributed by atoms with Crippen molar-refractivity contribution in [1.82, 2.24) is 20.4 Å². The van der Waals surface area contributed by atoms with Crippen LogP contribution in [0.25, 0.3) is 0 Å². The minimum absolute atomic E-state index is 0.883. The predicted molar refractivity (Wildman–Crippen MR) is 66.1 cm³/mol. The van der Waals surface area contributed by atoms with Gasteiger partial charge < -0.3 is 10.2 Å². The summed E-state index contributed by atoms with van der Waals surface area (Å²) in [6.45, 7) is 9.82. The molecule has 0 radical (unpaired) electrons. The van der Waals surface area contributed by atoms with E-state index in [0.29, 0.717) is 0 Å². The Kier molecular flexibility index (Phi) is 6.69. The lowest BCUT2D eigenvalue weighted by molar-refractivity contribution is 0.298. The summed E-state index contributed by atoms with van der Waals surface area (Å²) in [7, 11) is 0. The topological polar surface area (TPSA) is 41.0 Å². The zero-order chi connectivity index (χ0) is 11.6. The van der Waals surface area contributed by atoms with Crippen LogP contribution in [0.2, 0.25) is 0 Å². The van der Waals surface area contributed by atoms with Gasteiger partial charge in [-0.05, 0) is 44.2 Å². The summed E-state index contributed by atoms with van der Waals surface area (Å²) in [4.78, 5) is 2.44. The largest absolute Gasteiger partial charge is 0.313 e. The van der Waals surface area contributed by atoms with Crippen molar-refractivity contribution in [2.24, 2.45) is 0 Å². The van der Waals surface area contributed by atoms with Gasteiger partial charge in [0.1, 0.15) is 0 Å². The number of nitrogens with one attached hydrogen (secondary N) is 1. The first-order valence-electron chi connectivity index (χ1n) is 6.05. The summed E-state index contributed by atoms with van der Waals surface area (Å²) < 4.78 is 0. The van der Waals surface area contributed by atoms with Crippen molar-refractivity contribution in [3.63, 3.8) is 0 Å². The molecule has 0 aliphatic carbocycles.